The molecule has 0 saturated carbocycles. The number of rotatable bonds is 2. The molecule has 0 N–H and O–H groups in total. The van der Waals surface area contributed by atoms with Crippen molar-refractivity contribution in [2.45, 2.75) is 26.7 Å². The van der Waals surface area contributed by atoms with Crippen LogP contribution < -0.4 is 5.30 Å². The molecule has 0 fully saturated rings. The van der Waals surface area contributed by atoms with Gasteiger partial charge in [-0.25, -0.2) is 0 Å². The molecule has 4 aromatic rings. The third-order valence-corrected chi connectivity index (χ3v) is 6.89. The molecule has 0 radical (unpaired) electrons. The van der Waals surface area contributed by atoms with Crippen molar-refractivity contribution in [3.8, 4) is 11.1 Å². The molecular weight excluding hydrogens is 367 g/mol. The summed E-state index contributed by atoms with van der Waals surface area (Å²) in [7, 11) is 3.06. The van der Waals surface area contributed by atoms with Crippen LogP contribution in [0.3, 0.4) is 0 Å². The molecule has 1 heteroatoms. The van der Waals surface area contributed by atoms with Gasteiger partial charge in [0.15, 0.2) is 0 Å². The zero-order valence-corrected chi connectivity index (χ0v) is 18.2. The predicted octanol–water partition coefficient (Wildman–Crippen LogP) is 7.08. The van der Waals surface area contributed by atoms with Crippen LogP contribution in [0.4, 0.5) is 0 Å². The SMILES string of the molecule is CC1=C(c2cccc(-c3c(C)ccc4ccccc34)c2P)c2ccccc2CC1. The van der Waals surface area contributed by atoms with Gasteiger partial charge in [-0.05, 0) is 81.7 Å². The Balaban J connectivity index is 1.78. The van der Waals surface area contributed by atoms with Gasteiger partial charge in [-0.15, -0.1) is 9.24 Å². The zero-order valence-electron chi connectivity index (χ0n) is 17.0. The van der Waals surface area contributed by atoms with Gasteiger partial charge in [0.2, 0.25) is 0 Å². The third kappa shape index (κ3) is 3.04. The van der Waals surface area contributed by atoms with E-state index < -0.39 is 0 Å². The second-order valence-corrected chi connectivity index (χ2v) is 8.64. The smallest absolute Gasteiger partial charge is 0.00697 e. The minimum absolute atomic E-state index is 1.13. The van der Waals surface area contributed by atoms with Crippen LogP contribution in [0.2, 0.25) is 0 Å². The van der Waals surface area contributed by atoms with Crippen LogP contribution in [0.5, 0.6) is 0 Å². The van der Waals surface area contributed by atoms with Gasteiger partial charge in [0.25, 0.3) is 0 Å². The lowest BCUT2D eigenvalue weighted by Crippen LogP contribution is -2.11. The molecule has 0 saturated heterocycles. The lowest BCUT2D eigenvalue weighted by molar-refractivity contribution is 0.919. The standard InChI is InChI=1S/C28H25P/c1-18-14-16-20-8-3-5-10-22(20)26(18)24-12-7-13-25(28(24)29)27-19(2)15-17-21-9-4-6-11-23(21)27/h3-14,16H,15,17,29H2,1-2H3. The summed E-state index contributed by atoms with van der Waals surface area (Å²) >= 11 is 0. The first-order valence-corrected chi connectivity index (χ1v) is 10.9. The molecule has 1 aliphatic rings. The molecule has 4 aromatic carbocycles. The number of hydrogen-bond donors (Lipinski definition) is 0. The van der Waals surface area contributed by atoms with Gasteiger partial charge < -0.3 is 0 Å². The molecule has 1 atom stereocenters. The Bertz CT molecular complexity index is 1280. The van der Waals surface area contributed by atoms with Crippen molar-refractivity contribution < 1.29 is 0 Å². The summed E-state index contributed by atoms with van der Waals surface area (Å²) < 4.78 is 0. The van der Waals surface area contributed by atoms with Crippen molar-refractivity contribution in [2.75, 3.05) is 0 Å². The lowest BCUT2D eigenvalue weighted by Gasteiger charge is -2.24. The Morgan fingerprint density at radius 1 is 0.655 bits per heavy atom. The van der Waals surface area contributed by atoms with Crippen molar-refractivity contribution in [2.24, 2.45) is 0 Å². The predicted molar refractivity (Wildman–Crippen MR) is 130 cm³/mol. The molecule has 0 nitrogen and oxygen atoms in total. The van der Waals surface area contributed by atoms with Crippen molar-refractivity contribution in [3.63, 3.8) is 0 Å². The van der Waals surface area contributed by atoms with Crippen LogP contribution in [0.1, 0.15) is 35.6 Å². The number of hydrogen-bond acceptors (Lipinski definition) is 0. The van der Waals surface area contributed by atoms with E-state index in [1.807, 2.05) is 0 Å². The Morgan fingerprint density at radius 3 is 2.28 bits per heavy atom. The van der Waals surface area contributed by atoms with E-state index >= 15 is 0 Å². The van der Waals surface area contributed by atoms with Gasteiger partial charge in [0.05, 0.1) is 0 Å². The van der Waals surface area contributed by atoms with E-state index in [1.54, 1.807) is 0 Å². The first-order valence-electron chi connectivity index (χ1n) is 10.3. The Kier molecular flexibility index (Phi) is 4.61. The molecule has 0 spiro atoms. The highest BCUT2D eigenvalue weighted by atomic mass is 31.0. The average Bonchev–Trinajstić information content (AvgIpc) is 2.75. The van der Waals surface area contributed by atoms with Crippen LogP contribution >= 0.6 is 9.24 Å². The first-order chi connectivity index (χ1) is 14.1. The lowest BCUT2D eigenvalue weighted by atomic mass is 9.82. The van der Waals surface area contributed by atoms with E-state index in [4.69, 9.17) is 0 Å². The van der Waals surface area contributed by atoms with Crippen LogP contribution in [-0.4, -0.2) is 0 Å². The van der Waals surface area contributed by atoms with Gasteiger partial charge in [-0.1, -0.05) is 84.4 Å². The molecule has 5 rings (SSSR count). The Hall–Kier alpha value is -2.69. The zero-order chi connectivity index (χ0) is 20.0. The third-order valence-electron chi connectivity index (χ3n) is 6.26. The highest BCUT2D eigenvalue weighted by Gasteiger charge is 2.21. The molecule has 0 bridgehead atoms. The van der Waals surface area contributed by atoms with Gasteiger partial charge >= 0.3 is 0 Å². The molecule has 0 aliphatic heterocycles. The van der Waals surface area contributed by atoms with E-state index in [1.165, 1.54) is 60.6 Å². The van der Waals surface area contributed by atoms with E-state index in [-0.39, 0.29) is 0 Å². The fourth-order valence-electron chi connectivity index (χ4n) is 4.77. The van der Waals surface area contributed by atoms with Crippen LogP contribution in [0, 0.1) is 6.92 Å². The number of benzene rings is 4. The topological polar surface area (TPSA) is 0 Å². The van der Waals surface area contributed by atoms with Crippen molar-refractivity contribution in [3.05, 3.63) is 107 Å². The molecular formula is C28H25P. The van der Waals surface area contributed by atoms with Gasteiger partial charge in [0, 0.05) is 0 Å². The van der Waals surface area contributed by atoms with Gasteiger partial charge in [-0.3, -0.25) is 0 Å². The maximum atomic E-state index is 3.06. The summed E-state index contributed by atoms with van der Waals surface area (Å²) in [6.07, 6.45) is 2.27. The molecule has 142 valence electrons. The minimum Gasteiger partial charge on any atom is -0.104 e. The number of aryl methyl sites for hydroxylation is 2. The molecule has 1 aliphatic carbocycles. The fourth-order valence-corrected chi connectivity index (χ4v) is 5.25. The summed E-state index contributed by atoms with van der Waals surface area (Å²) in [6.45, 7) is 4.52. The summed E-state index contributed by atoms with van der Waals surface area (Å²) in [5, 5.41) is 3.91. The van der Waals surface area contributed by atoms with Crippen LogP contribution in [0.15, 0.2) is 84.4 Å². The van der Waals surface area contributed by atoms with Crippen molar-refractivity contribution >= 4 is 30.9 Å². The molecule has 29 heavy (non-hydrogen) atoms. The average molecular weight is 392 g/mol. The summed E-state index contributed by atoms with van der Waals surface area (Å²) in [5.41, 5.74) is 11.1. The minimum atomic E-state index is 1.13. The van der Waals surface area contributed by atoms with Gasteiger partial charge in [0.1, 0.15) is 0 Å². The van der Waals surface area contributed by atoms with E-state index in [2.05, 4.69) is 102 Å². The fraction of sp³-hybridized carbons (Fsp3) is 0.143. The van der Waals surface area contributed by atoms with E-state index in [9.17, 15) is 0 Å². The maximum absolute atomic E-state index is 3.06. The molecule has 0 aromatic heterocycles. The highest BCUT2D eigenvalue weighted by Crippen LogP contribution is 2.38. The van der Waals surface area contributed by atoms with Crippen LogP contribution in [-0.2, 0) is 6.42 Å². The summed E-state index contributed by atoms with van der Waals surface area (Å²) in [6, 6.07) is 28.8. The molecule has 1 unspecified atom stereocenters. The second-order valence-electron chi connectivity index (χ2n) is 8.06. The van der Waals surface area contributed by atoms with E-state index in [0.29, 0.717) is 0 Å². The Morgan fingerprint density at radius 2 is 1.38 bits per heavy atom. The first kappa shape index (κ1) is 18.3. The largest absolute Gasteiger partial charge is 0.104 e. The van der Waals surface area contributed by atoms with Crippen molar-refractivity contribution in [1.82, 2.24) is 0 Å². The van der Waals surface area contributed by atoms with Crippen molar-refractivity contribution in [1.29, 1.82) is 0 Å². The Labute approximate surface area is 175 Å². The number of allylic oxidation sites excluding steroid dienone is 1. The second kappa shape index (κ2) is 7.29. The summed E-state index contributed by atoms with van der Waals surface area (Å²) in [5.74, 6) is 0. The number of fused-ring (bicyclic) bond motifs is 2. The van der Waals surface area contributed by atoms with Gasteiger partial charge in [-0.2, -0.15) is 0 Å². The monoisotopic (exact) mass is 392 g/mol. The highest BCUT2D eigenvalue weighted by molar-refractivity contribution is 7.28. The maximum Gasteiger partial charge on any atom is -0.00697 e. The quantitative estimate of drug-likeness (QED) is 0.320. The van der Waals surface area contributed by atoms with E-state index in [0.717, 1.165) is 12.8 Å². The normalized spacial score (nSPS) is 13.6. The summed E-state index contributed by atoms with van der Waals surface area (Å²) in [4.78, 5) is 0. The van der Waals surface area contributed by atoms with Crippen LogP contribution in [0.25, 0.3) is 27.5 Å². The molecule has 0 heterocycles. The molecule has 0 amide bonds.